The molecule has 1 atom stereocenters. The molecule has 1 aromatic rings. The zero-order chi connectivity index (χ0) is 15.1. The Hall–Kier alpha value is -0.970. The molecule has 2 heterocycles. The molecule has 1 unspecified atom stereocenters. The monoisotopic (exact) mass is 290 g/mol. The highest BCUT2D eigenvalue weighted by Crippen LogP contribution is 2.13. The first-order valence-corrected chi connectivity index (χ1v) is 8.31. The normalized spacial score (nSPS) is 20.8. The van der Waals surface area contributed by atoms with Crippen LogP contribution in [-0.2, 0) is 13.1 Å². The van der Waals surface area contributed by atoms with E-state index in [0.717, 1.165) is 45.0 Å². The molecule has 1 aromatic heterocycles. The Morgan fingerprint density at radius 3 is 2.81 bits per heavy atom. The maximum absolute atomic E-state index is 4.79. The molecule has 2 rings (SSSR count). The predicted octanol–water partition coefficient (Wildman–Crippen LogP) is 2.11. The third-order valence-corrected chi connectivity index (χ3v) is 4.32. The Morgan fingerprint density at radius 1 is 1.24 bits per heavy atom. The van der Waals surface area contributed by atoms with E-state index in [1.54, 1.807) is 0 Å². The average Bonchev–Trinajstić information content (AvgIpc) is 2.50. The summed E-state index contributed by atoms with van der Waals surface area (Å²) in [5.74, 6) is 0. The molecule has 4 heteroatoms. The molecule has 0 radical (unpaired) electrons. The number of likely N-dealkylation sites (N-methyl/N-ethyl adjacent to an activating group) is 1. The Kier molecular flexibility index (Phi) is 6.61. The van der Waals surface area contributed by atoms with Gasteiger partial charge in [-0.1, -0.05) is 19.9 Å². The highest BCUT2D eigenvalue weighted by Gasteiger charge is 2.22. The summed E-state index contributed by atoms with van der Waals surface area (Å²) in [5, 5.41) is 3.42. The van der Waals surface area contributed by atoms with Gasteiger partial charge in [0.15, 0.2) is 0 Å². The van der Waals surface area contributed by atoms with Crippen molar-refractivity contribution >= 4 is 0 Å². The van der Waals surface area contributed by atoms with Crippen molar-refractivity contribution in [1.82, 2.24) is 20.1 Å². The van der Waals surface area contributed by atoms with Crippen molar-refractivity contribution in [2.75, 3.05) is 33.2 Å². The zero-order valence-electron chi connectivity index (χ0n) is 13.8. The van der Waals surface area contributed by atoms with Crippen LogP contribution in [0, 0.1) is 0 Å². The van der Waals surface area contributed by atoms with Crippen molar-refractivity contribution in [3.8, 4) is 0 Å². The van der Waals surface area contributed by atoms with Gasteiger partial charge in [0.1, 0.15) is 0 Å². The van der Waals surface area contributed by atoms with Gasteiger partial charge in [0.05, 0.1) is 11.4 Å². The molecule has 1 saturated heterocycles. The number of nitrogens with one attached hydrogen (secondary N) is 1. The first-order chi connectivity index (χ1) is 10.2. The third-order valence-electron chi connectivity index (χ3n) is 4.32. The van der Waals surface area contributed by atoms with E-state index in [4.69, 9.17) is 4.98 Å². The van der Waals surface area contributed by atoms with Gasteiger partial charge in [-0.15, -0.1) is 0 Å². The van der Waals surface area contributed by atoms with E-state index < -0.39 is 0 Å². The Balaban J connectivity index is 1.89. The molecule has 0 spiro atoms. The number of piperazine rings is 1. The quantitative estimate of drug-likeness (QED) is 0.779. The van der Waals surface area contributed by atoms with Gasteiger partial charge >= 0.3 is 0 Å². The fraction of sp³-hybridized carbons (Fsp3) is 0.706. The zero-order valence-corrected chi connectivity index (χ0v) is 13.8. The number of pyridine rings is 1. The molecule has 4 nitrogen and oxygen atoms in total. The molecule has 1 fully saturated rings. The standard InChI is InChI=1S/C17H30N4/c1-4-9-18-12-15-7-6-8-16(19-15)13-21-11-10-20(3)17(5-2)14-21/h6-8,17-18H,4-5,9-14H2,1-3H3. The lowest BCUT2D eigenvalue weighted by atomic mass is 10.1. The fourth-order valence-corrected chi connectivity index (χ4v) is 2.93. The molecule has 0 bridgehead atoms. The van der Waals surface area contributed by atoms with Gasteiger partial charge in [-0.3, -0.25) is 9.88 Å². The van der Waals surface area contributed by atoms with Crippen LogP contribution in [0.3, 0.4) is 0 Å². The van der Waals surface area contributed by atoms with Crippen molar-refractivity contribution in [3.05, 3.63) is 29.6 Å². The molecule has 1 N–H and O–H groups in total. The molecule has 1 aliphatic rings. The molecule has 1 aliphatic heterocycles. The largest absolute Gasteiger partial charge is 0.311 e. The Bertz CT molecular complexity index is 421. The topological polar surface area (TPSA) is 31.4 Å². The molecule has 0 aromatic carbocycles. The summed E-state index contributed by atoms with van der Waals surface area (Å²) in [6.07, 6.45) is 2.39. The lowest BCUT2D eigenvalue weighted by Gasteiger charge is -2.39. The minimum Gasteiger partial charge on any atom is -0.311 e. The van der Waals surface area contributed by atoms with E-state index in [9.17, 15) is 0 Å². The van der Waals surface area contributed by atoms with E-state index in [2.05, 4.69) is 54.2 Å². The highest BCUT2D eigenvalue weighted by molar-refractivity contribution is 5.11. The highest BCUT2D eigenvalue weighted by atomic mass is 15.3. The van der Waals surface area contributed by atoms with Gasteiger partial charge in [0, 0.05) is 38.8 Å². The summed E-state index contributed by atoms with van der Waals surface area (Å²) in [6.45, 7) is 10.9. The van der Waals surface area contributed by atoms with E-state index in [1.807, 2.05) is 0 Å². The second-order valence-electron chi connectivity index (χ2n) is 6.07. The fourth-order valence-electron chi connectivity index (χ4n) is 2.93. The van der Waals surface area contributed by atoms with Gasteiger partial charge in [-0.25, -0.2) is 0 Å². The molecule has 21 heavy (non-hydrogen) atoms. The summed E-state index contributed by atoms with van der Waals surface area (Å²) in [4.78, 5) is 9.81. The van der Waals surface area contributed by atoms with E-state index in [-0.39, 0.29) is 0 Å². The smallest absolute Gasteiger partial charge is 0.0547 e. The average molecular weight is 290 g/mol. The van der Waals surface area contributed by atoms with Crippen LogP contribution in [0.15, 0.2) is 18.2 Å². The number of hydrogen-bond donors (Lipinski definition) is 1. The molecule has 0 aliphatic carbocycles. The molecular weight excluding hydrogens is 260 g/mol. The van der Waals surface area contributed by atoms with E-state index >= 15 is 0 Å². The number of nitrogens with zero attached hydrogens (tertiary/aromatic N) is 3. The van der Waals surface area contributed by atoms with Crippen molar-refractivity contribution in [3.63, 3.8) is 0 Å². The summed E-state index contributed by atoms with van der Waals surface area (Å²) >= 11 is 0. The third kappa shape index (κ3) is 5.06. The van der Waals surface area contributed by atoms with Gasteiger partial charge in [0.25, 0.3) is 0 Å². The molecular formula is C17H30N4. The summed E-state index contributed by atoms with van der Waals surface area (Å²) in [5.41, 5.74) is 2.35. The SMILES string of the molecule is CCCNCc1cccc(CN2CCN(C)C(CC)C2)n1. The van der Waals surface area contributed by atoms with Crippen LogP contribution in [0.2, 0.25) is 0 Å². The Labute approximate surface area is 129 Å². The van der Waals surface area contributed by atoms with Crippen molar-refractivity contribution in [1.29, 1.82) is 0 Å². The summed E-state index contributed by atoms with van der Waals surface area (Å²) in [6, 6.07) is 7.10. The van der Waals surface area contributed by atoms with Crippen LogP contribution in [0.4, 0.5) is 0 Å². The van der Waals surface area contributed by atoms with Gasteiger partial charge in [-0.05, 0) is 38.6 Å². The Morgan fingerprint density at radius 2 is 2.05 bits per heavy atom. The minimum atomic E-state index is 0.688. The molecule has 0 amide bonds. The van der Waals surface area contributed by atoms with E-state index in [0.29, 0.717) is 6.04 Å². The van der Waals surface area contributed by atoms with Gasteiger partial charge in [0.2, 0.25) is 0 Å². The first kappa shape index (κ1) is 16.4. The second kappa shape index (κ2) is 8.47. The van der Waals surface area contributed by atoms with Gasteiger partial charge in [-0.2, -0.15) is 0 Å². The van der Waals surface area contributed by atoms with Gasteiger partial charge < -0.3 is 10.2 Å². The number of hydrogen-bond acceptors (Lipinski definition) is 4. The molecule has 0 saturated carbocycles. The van der Waals surface area contributed by atoms with Crippen molar-refractivity contribution in [2.24, 2.45) is 0 Å². The van der Waals surface area contributed by atoms with Crippen LogP contribution in [0.1, 0.15) is 38.1 Å². The van der Waals surface area contributed by atoms with Crippen LogP contribution in [0.5, 0.6) is 0 Å². The molecule has 118 valence electrons. The van der Waals surface area contributed by atoms with Crippen LogP contribution in [-0.4, -0.2) is 54.1 Å². The number of rotatable bonds is 7. The van der Waals surface area contributed by atoms with Crippen LogP contribution < -0.4 is 5.32 Å². The van der Waals surface area contributed by atoms with E-state index in [1.165, 1.54) is 18.5 Å². The maximum Gasteiger partial charge on any atom is 0.0547 e. The lowest BCUT2D eigenvalue weighted by molar-refractivity contribution is 0.0875. The van der Waals surface area contributed by atoms with Crippen LogP contribution in [0.25, 0.3) is 0 Å². The second-order valence-corrected chi connectivity index (χ2v) is 6.07. The lowest BCUT2D eigenvalue weighted by Crippen LogP contribution is -2.50. The van der Waals surface area contributed by atoms with Crippen molar-refractivity contribution < 1.29 is 0 Å². The first-order valence-electron chi connectivity index (χ1n) is 8.31. The summed E-state index contributed by atoms with van der Waals surface area (Å²) in [7, 11) is 2.24. The predicted molar refractivity (Wildman–Crippen MR) is 88.2 cm³/mol. The summed E-state index contributed by atoms with van der Waals surface area (Å²) < 4.78 is 0. The minimum absolute atomic E-state index is 0.688. The number of aromatic nitrogens is 1. The maximum atomic E-state index is 4.79. The van der Waals surface area contributed by atoms with Crippen molar-refractivity contribution in [2.45, 2.75) is 45.8 Å². The van der Waals surface area contributed by atoms with Crippen LogP contribution >= 0.6 is 0 Å².